The number of fused-ring (bicyclic) bond motifs is 1. The average Bonchev–Trinajstić information content (AvgIpc) is 3.39. The maximum absolute atomic E-state index is 13.0. The number of benzene rings is 2. The predicted molar refractivity (Wildman–Crippen MR) is 134 cm³/mol. The molecule has 3 heterocycles. The second-order valence-electron chi connectivity index (χ2n) is 9.13. The third kappa shape index (κ3) is 4.45. The van der Waals surface area contributed by atoms with Gasteiger partial charge in [-0.25, -0.2) is 4.98 Å². The van der Waals surface area contributed by atoms with E-state index in [0.717, 1.165) is 58.5 Å². The van der Waals surface area contributed by atoms with E-state index < -0.39 is 0 Å². The van der Waals surface area contributed by atoms with Crippen molar-refractivity contribution in [3.8, 4) is 0 Å². The lowest BCUT2D eigenvalue weighted by Gasteiger charge is -2.31. The van der Waals surface area contributed by atoms with Crippen LogP contribution in [0.1, 0.15) is 17.5 Å². The minimum Gasteiger partial charge on any atom is -0.345 e. The predicted octanol–water partition coefficient (Wildman–Crippen LogP) is 3.66. The van der Waals surface area contributed by atoms with Crippen LogP contribution in [-0.2, 0) is 9.59 Å². The molecule has 1 aromatic heterocycles. The van der Waals surface area contributed by atoms with Crippen molar-refractivity contribution in [2.75, 3.05) is 54.9 Å². The van der Waals surface area contributed by atoms with Gasteiger partial charge in [-0.05, 0) is 62.4 Å². The lowest BCUT2D eigenvalue weighted by molar-refractivity contribution is -0.122. The lowest BCUT2D eigenvalue weighted by Crippen LogP contribution is -2.44. The van der Waals surface area contributed by atoms with Crippen molar-refractivity contribution in [1.29, 1.82) is 0 Å². The third-order valence-corrected chi connectivity index (χ3v) is 7.80. The Bertz CT molecular complexity index is 1210. The van der Waals surface area contributed by atoms with Crippen molar-refractivity contribution in [1.82, 2.24) is 9.88 Å². The van der Waals surface area contributed by atoms with Crippen LogP contribution in [0.5, 0.6) is 0 Å². The quantitative estimate of drug-likeness (QED) is 0.640. The number of carbonyl (C=O) groups is 2. The monoisotopic (exact) mass is 463 g/mol. The maximum atomic E-state index is 13.0. The number of anilines is 3. The van der Waals surface area contributed by atoms with Gasteiger partial charge in [0, 0.05) is 50.5 Å². The molecule has 1 atom stereocenters. The van der Waals surface area contributed by atoms with Crippen LogP contribution in [0, 0.1) is 19.8 Å². The minimum absolute atomic E-state index is 0.00636. The van der Waals surface area contributed by atoms with E-state index in [2.05, 4.69) is 29.1 Å². The summed E-state index contributed by atoms with van der Waals surface area (Å²) >= 11 is 1.66. The molecule has 0 aliphatic carbocycles. The van der Waals surface area contributed by atoms with Gasteiger partial charge in [-0.15, -0.1) is 0 Å². The fourth-order valence-corrected chi connectivity index (χ4v) is 5.45. The summed E-state index contributed by atoms with van der Waals surface area (Å²) in [6.45, 7) is 8.53. The van der Waals surface area contributed by atoms with Gasteiger partial charge in [0.15, 0.2) is 5.13 Å². The van der Waals surface area contributed by atoms with Gasteiger partial charge in [-0.3, -0.25) is 9.59 Å². The molecule has 3 aromatic rings. The van der Waals surface area contributed by atoms with Gasteiger partial charge in [-0.2, -0.15) is 0 Å². The molecule has 0 radical (unpaired) electrons. The van der Waals surface area contributed by atoms with Crippen LogP contribution < -0.4 is 15.1 Å². The smallest absolute Gasteiger partial charge is 0.229 e. The highest BCUT2D eigenvalue weighted by atomic mass is 32.1. The van der Waals surface area contributed by atoms with Crippen molar-refractivity contribution >= 4 is 49.9 Å². The average molecular weight is 464 g/mol. The first-order chi connectivity index (χ1) is 15.9. The standard InChI is InChI=1S/C25H29N5O2S/c1-16-4-6-20(12-17(16)2)30-15-18(13-23(30)31)24(32)26-19-5-7-21-22(14-19)33-25(27-21)29-10-8-28(3)9-11-29/h4-7,12,14,18H,8-11,13,15H2,1-3H3,(H,26,32). The molecule has 1 N–H and O–H groups in total. The molecule has 2 aliphatic heterocycles. The van der Waals surface area contributed by atoms with E-state index in [1.165, 1.54) is 5.56 Å². The summed E-state index contributed by atoms with van der Waals surface area (Å²) in [5.74, 6) is -0.483. The Balaban J connectivity index is 1.27. The molecule has 2 amide bonds. The number of piperazine rings is 1. The zero-order valence-electron chi connectivity index (χ0n) is 19.3. The van der Waals surface area contributed by atoms with E-state index >= 15 is 0 Å². The number of hydrogen-bond acceptors (Lipinski definition) is 6. The largest absolute Gasteiger partial charge is 0.345 e. The van der Waals surface area contributed by atoms with Crippen molar-refractivity contribution in [2.24, 2.45) is 5.92 Å². The molecule has 2 aromatic carbocycles. The van der Waals surface area contributed by atoms with Gasteiger partial charge in [0.1, 0.15) is 0 Å². The van der Waals surface area contributed by atoms with E-state index in [0.29, 0.717) is 6.54 Å². The Hall–Kier alpha value is -2.97. The van der Waals surface area contributed by atoms with Gasteiger partial charge < -0.3 is 20.0 Å². The van der Waals surface area contributed by atoms with E-state index in [-0.39, 0.29) is 24.2 Å². The molecule has 8 heteroatoms. The van der Waals surface area contributed by atoms with Crippen LogP contribution in [0.25, 0.3) is 10.2 Å². The van der Waals surface area contributed by atoms with E-state index in [9.17, 15) is 9.59 Å². The number of amides is 2. The first-order valence-electron chi connectivity index (χ1n) is 11.4. The Kier molecular flexibility index (Phi) is 5.80. The Labute approximate surface area is 198 Å². The molecule has 172 valence electrons. The Morgan fingerprint density at radius 2 is 1.85 bits per heavy atom. The molecule has 0 spiro atoms. The van der Waals surface area contributed by atoms with Gasteiger partial charge in [0.2, 0.25) is 11.8 Å². The molecule has 1 unspecified atom stereocenters. The first kappa shape index (κ1) is 21.9. The number of carbonyl (C=O) groups excluding carboxylic acids is 2. The fourth-order valence-electron chi connectivity index (χ4n) is 4.39. The minimum atomic E-state index is -0.364. The van der Waals surface area contributed by atoms with Crippen LogP contribution in [0.4, 0.5) is 16.5 Å². The van der Waals surface area contributed by atoms with Crippen molar-refractivity contribution < 1.29 is 9.59 Å². The molecule has 5 rings (SSSR count). The van der Waals surface area contributed by atoms with Gasteiger partial charge in [0.25, 0.3) is 0 Å². The van der Waals surface area contributed by atoms with Gasteiger partial charge in [-0.1, -0.05) is 17.4 Å². The molecule has 2 aliphatic rings. The van der Waals surface area contributed by atoms with Crippen molar-refractivity contribution in [3.63, 3.8) is 0 Å². The number of likely N-dealkylation sites (N-methyl/N-ethyl adjacent to an activating group) is 1. The van der Waals surface area contributed by atoms with E-state index in [1.807, 2.05) is 43.3 Å². The molecule has 33 heavy (non-hydrogen) atoms. The number of rotatable bonds is 4. The summed E-state index contributed by atoms with van der Waals surface area (Å²) in [5.41, 5.74) is 4.89. The number of thiazole rings is 1. The highest BCUT2D eigenvalue weighted by Crippen LogP contribution is 2.32. The highest BCUT2D eigenvalue weighted by molar-refractivity contribution is 7.22. The molecular formula is C25H29N5O2S. The van der Waals surface area contributed by atoms with Gasteiger partial charge in [0.05, 0.1) is 16.1 Å². The number of aryl methyl sites for hydroxylation is 2. The summed E-state index contributed by atoms with van der Waals surface area (Å²) in [6, 6.07) is 11.8. The molecule has 7 nitrogen and oxygen atoms in total. The zero-order valence-corrected chi connectivity index (χ0v) is 20.1. The lowest BCUT2D eigenvalue weighted by atomic mass is 10.1. The van der Waals surface area contributed by atoms with Gasteiger partial charge >= 0.3 is 0 Å². The summed E-state index contributed by atoms with van der Waals surface area (Å²) in [5, 5.41) is 4.06. The first-order valence-corrected chi connectivity index (χ1v) is 12.2. The van der Waals surface area contributed by atoms with E-state index in [4.69, 9.17) is 4.98 Å². The Morgan fingerprint density at radius 1 is 1.06 bits per heavy atom. The topological polar surface area (TPSA) is 68.8 Å². The van der Waals surface area contributed by atoms with Crippen molar-refractivity contribution in [3.05, 3.63) is 47.5 Å². The summed E-state index contributed by atoms with van der Waals surface area (Å²) < 4.78 is 1.06. The maximum Gasteiger partial charge on any atom is 0.229 e. The fraction of sp³-hybridized carbons (Fsp3) is 0.400. The normalized spacial score (nSPS) is 19.5. The second kappa shape index (κ2) is 8.76. The zero-order chi connectivity index (χ0) is 23.1. The Morgan fingerprint density at radius 3 is 2.61 bits per heavy atom. The van der Waals surface area contributed by atoms with Crippen LogP contribution in [-0.4, -0.2) is 61.5 Å². The molecule has 0 bridgehead atoms. The number of aromatic nitrogens is 1. The number of hydrogen-bond donors (Lipinski definition) is 1. The molecule has 2 saturated heterocycles. The summed E-state index contributed by atoms with van der Waals surface area (Å²) in [4.78, 5) is 36.7. The molecule has 0 saturated carbocycles. The number of nitrogens with one attached hydrogen (secondary N) is 1. The van der Waals surface area contributed by atoms with Crippen LogP contribution in [0.15, 0.2) is 36.4 Å². The highest BCUT2D eigenvalue weighted by Gasteiger charge is 2.35. The number of nitrogens with zero attached hydrogens (tertiary/aromatic N) is 4. The SMILES string of the molecule is Cc1ccc(N2CC(C(=O)Nc3ccc4nc(N5CCN(C)CC5)sc4c3)CC2=O)cc1C. The van der Waals surface area contributed by atoms with Crippen LogP contribution in [0.2, 0.25) is 0 Å². The summed E-state index contributed by atoms with van der Waals surface area (Å²) in [7, 11) is 2.14. The summed E-state index contributed by atoms with van der Waals surface area (Å²) in [6.07, 6.45) is 0.231. The van der Waals surface area contributed by atoms with Crippen molar-refractivity contribution in [2.45, 2.75) is 20.3 Å². The van der Waals surface area contributed by atoms with Crippen LogP contribution >= 0.6 is 11.3 Å². The third-order valence-electron chi connectivity index (χ3n) is 6.72. The van der Waals surface area contributed by atoms with Crippen LogP contribution in [0.3, 0.4) is 0 Å². The molecule has 2 fully saturated rings. The van der Waals surface area contributed by atoms with E-state index in [1.54, 1.807) is 16.2 Å². The molecular weight excluding hydrogens is 434 g/mol. The second-order valence-corrected chi connectivity index (χ2v) is 10.1.